The number of alkyl halides is 3. The number of hydrogen-bond donors (Lipinski definition) is 1. The highest BCUT2D eigenvalue weighted by atomic mass is 19.4. The van der Waals surface area contributed by atoms with E-state index in [0.717, 1.165) is 39.1 Å². The van der Waals surface area contributed by atoms with Crippen LogP contribution in [0.15, 0.2) is 4.99 Å². The zero-order chi connectivity index (χ0) is 14.6. The molecule has 20 heavy (non-hydrogen) atoms. The van der Waals surface area contributed by atoms with Gasteiger partial charge < -0.3 is 15.0 Å². The number of nitrogens with zero attached hydrogens (tertiary/aromatic N) is 2. The number of guanidine groups is 1. The smallest absolute Gasteiger partial charge is 0.381 e. The molecule has 1 unspecified atom stereocenters. The monoisotopic (exact) mass is 293 g/mol. The zero-order valence-electron chi connectivity index (χ0n) is 11.8. The van der Waals surface area contributed by atoms with E-state index in [2.05, 4.69) is 15.2 Å². The lowest BCUT2D eigenvalue weighted by Gasteiger charge is -2.25. The maximum atomic E-state index is 12.2. The Morgan fingerprint density at radius 1 is 1.40 bits per heavy atom. The molecule has 2 heterocycles. The first-order valence-corrected chi connectivity index (χ1v) is 7.12. The van der Waals surface area contributed by atoms with Crippen molar-refractivity contribution in [3.8, 4) is 0 Å². The Balaban J connectivity index is 1.93. The van der Waals surface area contributed by atoms with Crippen molar-refractivity contribution in [2.45, 2.75) is 32.4 Å². The van der Waals surface area contributed by atoms with Crippen molar-refractivity contribution >= 4 is 5.96 Å². The quantitative estimate of drug-likeness (QED) is 0.639. The summed E-state index contributed by atoms with van der Waals surface area (Å²) in [6.07, 6.45) is -2.96. The Morgan fingerprint density at radius 3 is 2.80 bits per heavy atom. The molecule has 2 aliphatic heterocycles. The second-order valence-corrected chi connectivity index (χ2v) is 5.57. The highest BCUT2D eigenvalue weighted by Gasteiger charge is 2.42. The molecule has 1 atom stereocenters. The van der Waals surface area contributed by atoms with E-state index in [-0.39, 0.29) is 12.0 Å². The molecule has 2 saturated heterocycles. The number of halogens is 3. The van der Waals surface area contributed by atoms with E-state index >= 15 is 0 Å². The minimum atomic E-state index is -4.15. The van der Waals surface area contributed by atoms with Gasteiger partial charge in [0.2, 0.25) is 0 Å². The van der Waals surface area contributed by atoms with E-state index in [1.165, 1.54) is 0 Å². The van der Waals surface area contributed by atoms with Crippen molar-refractivity contribution in [1.29, 1.82) is 0 Å². The van der Waals surface area contributed by atoms with Crippen LogP contribution in [0.25, 0.3) is 0 Å². The summed E-state index contributed by atoms with van der Waals surface area (Å²) in [6.45, 7) is 5.56. The van der Waals surface area contributed by atoms with Gasteiger partial charge in [-0.05, 0) is 19.8 Å². The van der Waals surface area contributed by atoms with E-state index < -0.39 is 12.6 Å². The molecular weight excluding hydrogens is 271 g/mol. The summed E-state index contributed by atoms with van der Waals surface area (Å²) in [5.41, 5.74) is 0.181. The number of ether oxygens (including phenoxy) is 1. The fraction of sp³-hybridized carbons (Fsp3) is 0.923. The third-order valence-corrected chi connectivity index (χ3v) is 3.91. The van der Waals surface area contributed by atoms with Gasteiger partial charge in [-0.3, -0.25) is 4.99 Å². The lowest BCUT2D eigenvalue weighted by atomic mass is 9.87. The third-order valence-electron chi connectivity index (χ3n) is 3.91. The fourth-order valence-corrected chi connectivity index (χ4v) is 2.80. The summed E-state index contributed by atoms with van der Waals surface area (Å²) in [6, 6.07) is 0. The van der Waals surface area contributed by atoms with Crippen LogP contribution in [0.2, 0.25) is 0 Å². The Bertz CT molecular complexity index is 351. The zero-order valence-corrected chi connectivity index (χ0v) is 11.8. The van der Waals surface area contributed by atoms with Crippen LogP contribution in [0.1, 0.15) is 26.2 Å². The predicted octanol–water partition coefficient (Wildman–Crippen LogP) is 2.02. The van der Waals surface area contributed by atoms with Crippen molar-refractivity contribution in [2.75, 3.05) is 39.4 Å². The van der Waals surface area contributed by atoms with Gasteiger partial charge in [-0.25, -0.2) is 0 Å². The molecule has 7 heteroatoms. The molecule has 0 aliphatic carbocycles. The highest BCUT2D eigenvalue weighted by Crippen LogP contribution is 2.38. The molecule has 0 aromatic carbocycles. The van der Waals surface area contributed by atoms with Gasteiger partial charge in [-0.1, -0.05) is 0 Å². The first-order chi connectivity index (χ1) is 9.44. The summed E-state index contributed by atoms with van der Waals surface area (Å²) in [4.78, 5) is 6.17. The minimum Gasteiger partial charge on any atom is -0.381 e. The maximum absolute atomic E-state index is 12.2. The van der Waals surface area contributed by atoms with Crippen LogP contribution in [0, 0.1) is 5.41 Å². The van der Waals surface area contributed by atoms with Gasteiger partial charge in [0.15, 0.2) is 5.96 Å². The third kappa shape index (κ3) is 4.01. The molecule has 0 radical (unpaired) electrons. The van der Waals surface area contributed by atoms with E-state index in [1.54, 1.807) is 0 Å². The Labute approximate surface area is 117 Å². The first-order valence-electron chi connectivity index (χ1n) is 7.12. The number of rotatable bonds is 3. The molecule has 116 valence electrons. The molecule has 2 rings (SSSR count). The van der Waals surface area contributed by atoms with Crippen LogP contribution in [0.3, 0.4) is 0 Å². The van der Waals surface area contributed by atoms with Gasteiger partial charge in [0.1, 0.15) is 0 Å². The van der Waals surface area contributed by atoms with Gasteiger partial charge >= 0.3 is 6.18 Å². The molecule has 2 aliphatic rings. The highest BCUT2D eigenvalue weighted by molar-refractivity contribution is 5.80. The summed E-state index contributed by atoms with van der Waals surface area (Å²) in [5.74, 6) is 0.598. The van der Waals surface area contributed by atoms with Gasteiger partial charge in [0, 0.05) is 31.7 Å². The Hall–Kier alpha value is -0.980. The molecule has 1 N–H and O–H groups in total. The second-order valence-electron chi connectivity index (χ2n) is 5.57. The Morgan fingerprint density at radius 2 is 2.20 bits per heavy atom. The molecule has 0 saturated carbocycles. The van der Waals surface area contributed by atoms with E-state index in [0.29, 0.717) is 12.5 Å². The molecule has 0 bridgehead atoms. The number of nitrogens with one attached hydrogen (secondary N) is 1. The van der Waals surface area contributed by atoms with E-state index in [1.807, 2.05) is 6.92 Å². The van der Waals surface area contributed by atoms with Crippen LogP contribution >= 0.6 is 0 Å². The van der Waals surface area contributed by atoms with Crippen molar-refractivity contribution in [1.82, 2.24) is 10.2 Å². The van der Waals surface area contributed by atoms with Crippen molar-refractivity contribution in [3.05, 3.63) is 0 Å². The van der Waals surface area contributed by atoms with Gasteiger partial charge in [-0.2, -0.15) is 13.2 Å². The Kier molecular flexibility index (Phi) is 4.78. The van der Waals surface area contributed by atoms with Gasteiger partial charge in [-0.15, -0.1) is 0 Å². The predicted molar refractivity (Wildman–Crippen MR) is 70.7 cm³/mol. The van der Waals surface area contributed by atoms with Crippen LogP contribution in [-0.2, 0) is 4.74 Å². The van der Waals surface area contributed by atoms with Crippen LogP contribution in [0.5, 0.6) is 0 Å². The average Bonchev–Trinajstić information content (AvgIpc) is 2.98. The normalized spacial score (nSPS) is 27.6. The molecule has 2 fully saturated rings. The molecular formula is C13H22F3N3O. The van der Waals surface area contributed by atoms with Crippen molar-refractivity contribution in [2.24, 2.45) is 10.4 Å². The summed E-state index contributed by atoms with van der Waals surface area (Å²) < 4.78 is 42.0. The summed E-state index contributed by atoms with van der Waals surface area (Å²) >= 11 is 0. The van der Waals surface area contributed by atoms with Gasteiger partial charge in [0.25, 0.3) is 0 Å². The van der Waals surface area contributed by atoms with Crippen molar-refractivity contribution < 1.29 is 17.9 Å². The first kappa shape index (κ1) is 15.4. The van der Waals surface area contributed by atoms with Crippen LogP contribution in [-0.4, -0.2) is 56.4 Å². The fourth-order valence-electron chi connectivity index (χ4n) is 2.80. The second kappa shape index (κ2) is 6.20. The molecule has 4 nitrogen and oxygen atoms in total. The molecule has 1 spiro atoms. The SMILES string of the molecule is CCNC(=NCCC(F)(F)F)N1CCC2(CCOC2)C1. The molecule has 0 aromatic rings. The van der Waals surface area contributed by atoms with Crippen LogP contribution < -0.4 is 5.32 Å². The largest absolute Gasteiger partial charge is 0.390 e. The lowest BCUT2D eigenvalue weighted by molar-refractivity contribution is -0.132. The number of likely N-dealkylation sites (tertiary alicyclic amines) is 1. The van der Waals surface area contributed by atoms with E-state index in [4.69, 9.17) is 4.74 Å². The molecule has 0 amide bonds. The van der Waals surface area contributed by atoms with Crippen molar-refractivity contribution in [3.63, 3.8) is 0 Å². The summed E-state index contributed by atoms with van der Waals surface area (Å²) in [7, 11) is 0. The summed E-state index contributed by atoms with van der Waals surface area (Å²) in [5, 5.41) is 3.08. The van der Waals surface area contributed by atoms with Gasteiger partial charge in [0.05, 0.1) is 19.6 Å². The van der Waals surface area contributed by atoms with Crippen LogP contribution in [0.4, 0.5) is 13.2 Å². The average molecular weight is 293 g/mol. The number of hydrogen-bond acceptors (Lipinski definition) is 2. The topological polar surface area (TPSA) is 36.9 Å². The van der Waals surface area contributed by atoms with E-state index in [9.17, 15) is 13.2 Å². The molecule has 0 aromatic heterocycles. The standard InChI is InChI=1S/C13H22F3N3O/c1-2-17-11(18-6-3-13(14,15)16)19-7-4-12(9-19)5-8-20-10-12/h2-10H2,1H3,(H,17,18). The number of aliphatic imine (C=N–C) groups is 1. The maximum Gasteiger partial charge on any atom is 0.390 e. The lowest BCUT2D eigenvalue weighted by Crippen LogP contribution is -2.41. The minimum absolute atomic E-state index is 0.181.